The summed E-state index contributed by atoms with van der Waals surface area (Å²) in [6.07, 6.45) is 1.87. The zero-order valence-electron chi connectivity index (χ0n) is 12.1. The van der Waals surface area contributed by atoms with Gasteiger partial charge in [0.15, 0.2) is 5.76 Å². The molecule has 0 radical (unpaired) electrons. The number of rotatable bonds is 3. The van der Waals surface area contributed by atoms with E-state index in [0.717, 1.165) is 23.7 Å². The number of benzene rings is 1. The molecule has 1 aromatic carbocycles. The Kier molecular flexibility index (Phi) is 3.80. The van der Waals surface area contributed by atoms with Gasteiger partial charge in [0.2, 0.25) is 0 Å². The fraction of sp³-hybridized carbons (Fsp3) is 0.438. The highest BCUT2D eigenvalue weighted by Crippen LogP contribution is 2.49. The molecule has 0 amide bonds. The van der Waals surface area contributed by atoms with Crippen molar-refractivity contribution in [1.29, 1.82) is 0 Å². The monoisotopic (exact) mass is 351 g/mol. The molecular weight excluding hydrogens is 334 g/mol. The number of hydrogen-bond donors (Lipinski definition) is 0. The van der Waals surface area contributed by atoms with Gasteiger partial charge < -0.3 is 9.57 Å². The SMILES string of the molecule is COC(=O)C1=C(c2ccccc2)ON2[C@H](CBr)CC[C@@]12C. The second-order valence-electron chi connectivity index (χ2n) is 5.60. The zero-order chi connectivity index (χ0) is 15.0. The highest BCUT2D eigenvalue weighted by Gasteiger charge is 2.55. The summed E-state index contributed by atoms with van der Waals surface area (Å²) in [5, 5.41) is 2.77. The first-order valence-electron chi connectivity index (χ1n) is 7.03. The number of alkyl halides is 1. The van der Waals surface area contributed by atoms with E-state index in [1.807, 2.05) is 35.4 Å². The van der Waals surface area contributed by atoms with Gasteiger partial charge in [0, 0.05) is 10.9 Å². The lowest BCUT2D eigenvalue weighted by atomic mass is 9.88. The number of hydrogen-bond acceptors (Lipinski definition) is 4. The van der Waals surface area contributed by atoms with E-state index in [1.165, 1.54) is 7.11 Å². The number of carbonyl (C=O) groups excluding carboxylic acids is 1. The van der Waals surface area contributed by atoms with Crippen LogP contribution in [0.25, 0.3) is 5.76 Å². The summed E-state index contributed by atoms with van der Waals surface area (Å²) >= 11 is 3.53. The lowest BCUT2D eigenvalue weighted by Gasteiger charge is -2.29. The van der Waals surface area contributed by atoms with Crippen molar-refractivity contribution in [2.45, 2.75) is 31.3 Å². The van der Waals surface area contributed by atoms with Crippen molar-refractivity contribution in [3.05, 3.63) is 41.5 Å². The van der Waals surface area contributed by atoms with Crippen LogP contribution in [0.4, 0.5) is 0 Å². The summed E-state index contributed by atoms with van der Waals surface area (Å²) in [6, 6.07) is 9.99. The van der Waals surface area contributed by atoms with Crippen molar-refractivity contribution in [3.8, 4) is 0 Å². The van der Waals surface area contributed by atoms with Crippen molar-refractivity contribution in [1.82, 2.24) is 5.06 Å². The molecule has 2 aliphatic heterocycles. The zero-order valence-corrected chi connectivity index (χ0v) is 13.7. The fourth-order valence-electron chi connectivity index (χ4n) is 3.22. The third kappa shape index (κ3) is 2.19. The van der Waals surface area contributed by atoms with E-state index in [4.69, 9.17) is 9.57 Å². The molecule has 0 bridgehead atoms. The fourth-order valence-corrected chi connectivity index (χ4v) is 3.80. The maximum atomic E-state index is 12.3. The van der Waals surface area contributed by atoms with Gasteiger partial charge in [0.05, 0.1) is 18.7 Å². The van der Waals surface area contributed by atoms with Gasteiger partial charge in [0.25, 0.3) is 0 Å². The van der Waals surface area contributed by atoms with Gasteiger partial charge in [-0.3, -0.25) is 0 Å². The number of halogens is 1. The minimum atomic E-state index is -0.420. The predicted molar refractivity (Wildman–Crippen MR) is 83.5 cm³/mol. The molecule has 0 unspecified atom stereocenters. The van der Waals surface area contributed by atoms with Gasteiger partial charge in [0.1, 0.15) is 5.57 Å². The number of esters is 1. The Morgan fingerprint density at radius 3 is 2.81 bits per heavy atom. The van der Waals surface area contributed by atoms with Crippen molar-refractivity contribution in [2.75, 3.05) is 12.4 Å². The largest absolute Gasteiger partial charge is 0.465 e. The average Bonchev–Trinajstić information content (AvgIpc) is 2.99. The molecule has 1 saturated heterocycles. The Morgan fingerprint density at radius 1 is 1.48 bits per heavy atom. The van der Waals surface area contributed by atoms with Crippen LogP contribution >= 0.6 is 15.9 Å². The van der Waals surface area contributed by atoms with Crippen LogP contribution in [0.2, 0.25) is 0 Å². The van der Waals surface area contributed by atoms with Crippen LogP contribution in [0, 0.1) is 0 Å². The number of methoxy groups -OCH3 is 1. The number of ether oxygens (including phenoxy) is 1. The van der Waals surface area contributed by atoms with E-state index in [-0.39, 0.29) is 12.0 Å². The molecule has 21 heavy (non-hydrogen) atoms. The lowest BCUT2D eigenvalue weighted by Crippen LogP contribution is -2.43. The number of carbonyl (C=O) groups is 1. The van der Waals surface area contributed by atoms with Crippen LogP contribution in [-0.2, 0) is 14.4 Å². The Labute approximate surface area is 132 Å². The Morgan fingerprint density at radius 2 is 2.19 bits per heavy atom. The van der Waals surface area contributed by atoms with Crippen LogP contribution in [0.1, 0.15) is 25.3 Å². The van der Waals surface area contributed by atoms with Gasteiger partial charge in [-0.2, -0.15) is 0 Å². The number of nitrogens with zero attached hydrogens (tertiary/aromatic N) is 1. The van der Waals surface area contributed by atoms with Gasteiger partial charge in [-0.05, 0) is 19.8 Å². The Balaban J connectivity index is 2.10. The molecule has 3 rings (SSSR count). The van der Waals surface area contributed by atoms with Gasteiger partial charge in [-0.15, -0.1) is 5.06 Å². The van der Waals surface area contributed by atoms with Crippen LogP contribution in [0.15, 0.2) is 35.9 Å². The third-order valence-electron chi connectivity index (χ3n) is 4.34. The Bertz CT molecular complexity index is 586. The molecule has 1 fully saturated rings. The molecule has 2 aliphatic rings. The summed E-state index contributed by atoms with van der Waals surface area (Å²) in [5.74, 6) is 0.310. The molecular formula is C16H18BrNO3. The van der Waals surface area contributed by atoms with Crippen molar-refractivity contribution in [2.24, 2.45) is 0 Å². The topological polar surface area (TPSA) is 38.8 Å². The minimum Gasteiger partial charge on any atom is -0.465 e. The van der Waals surface area contributed by atoms with E-state index in [9.17, 15) is 4.79 Å². The van der Waals surface area contributed by atoms with Crippen molar-refractivity contribution < 1.29 is 14.4 Å². The van der Waals surface area contributed by atoms with Gasteiger partial charge in [-0.25, -0.2) is 4.79 Å². The molecule has 0 aromatic heterocycles. The molecule has 112 valence electrons. The van der Waals surface area contributed by atoms with E-state index in [0.29, 0.717) is 11.3 Å². The minimum absolute atomic E-state index is 0.260. The molecule has 4 nitrogen and oxygen atoms in total. The summed E-state index contributed by atoms with van der Waals surface area (Å²) in [5.41, 5.74) is 1.11. The Hall–Kier alpha value is -1.33. The first-order chi connectivity index (χ1) is 10.1. The smallest absolute Gasteiger partial charge is 0.339 e. The quantitative estimate of drug-likeness (QED) is 0.619. The van der Waals surface area contributed by atoms with Crippen molar-refractivity contribution >= 4 is 27.7 Å². The summed E-state index contributed by atoms with van der Waals surface area (Å²) in [7, 11) is 1.42. The molecule has 0 N–H and O–H groups in total. The normalized spacial score (nSPS) is 28.4. The summed E-state index contributed by atoms with van der Waals surface area (Å²) < 4.78 is 5.01. The average molecular weight is 352 g/mol. The maximum absolute atomic E-state index is 12.3. The first-order valence-corrected chi connectivity index (χ1v) is 8.15. The van der Waals surface area contributed by atoms with Gasteiger partial charge >= 0.3 is 5.97 Å². The molecule has 0 saturated carbocycles. The third-order valence-corrected chi connectivity index (χ3v) is 5.09. The summed E-state index contributed by atoms with van der Waals surface area (Å²) in [4.78, 5) is 18.4. The summed E-state index contributed by atoms with van der Waals surface area (Å²) in [6.45, 7) is 2.05. The molecule has 0 aliphatic carbocycles. The molecule has 5 heteroatoms. The number of hydroxylamine groups is 2. The van der Waals surface area contributed by atoms with E-state index in [2.05, 4.69) is 22.9 Å². The van der Waals surface area contributed by atoms with E-state index >= 15 is 0 Å². The highest BCUT2D eigenvalue weighted by molar-refractivity contribution is 9.09. The second-order valence-corrected chi connectivity index (χ2v) is 6.25. The number of fused-ring (bicyclic) bond motifs is 1. The molecule has 2 heterocycles. The van der Waals surface area contributed by atoms with E-state index < -0.39 is 5.54 Å². The second kappa shape index (κ2) is 5.46. The predicted octanol–water partition coefficient (Wildman–Crippen LogP) is 3.13. The standard InChI is InChI=1S/C16H18BrNO3/c1-16-9-8-12(10-17)18(16)21-14(13(16)15(19)20-2)11-6-4-3-5-7-11/h3-7,12H,8-10H2,1-2H3/t12-,16-/m0/s1. The molecule has 1 aromatic rings. The first kappa shape index (κ1) is 14.6. The highest BCUT2D eigenvalue weighted by atomic mass is 79.9. The van der Waals surface area contributed by atoms with E-state index in [1.54, 1.807) is 0 Å². The van der Waals surface area contributed by atoms with Crippen LogP contribution in [0.3, 0.4) is 0 Å². The van der Waals surface area contributed by atoms with Crippen LogP contribution in [-0.4, -0.2) is 35.1 Å². The molecule has 0 spiro atoms. The van der Waals surface area contributed by atoms with Crippen molar-refractivity contribution in [3.63, 3.8) is 0 Å². The van der Waals surface area contributed by atoms with Crippen LogP contribution < -0.4 is 0 Å². The maximum Gasteiger partial charge on any atom is 0.339 e. The molecule has 2 atom stereocenters. The van der Waals surface area contributed by atoms with Gasteiger partial charge in [-0.1, -0.05) is 46.3 Å². The van der Waals surface area contributed by atoms with Crippen LogP contribution in [0.5, 0.6) is 0 Å². The lowest BCUT2D eigenvalue weighted by molar-refractivity contribution is -0.142.